The van der Waals surface area contributed by atoms with Crippen LogP contribution in [0.3, 0.4) is 0 Å². The van der Waals surface area contributed by atoms with E-state index in [2.05, 4.69) is 24.1 Å². The second-order valence-corrected chi connectivity index (χ2v) is 9.14. The molecule has 0 bridgehead atoms. The maximum atomic E-state index is 12.1. The van der Waals surface area contributed by atoms with Crippen LogP contribution in [0.5, 0.6) is 0 Å². The van der Waals surface area contributed by atoms with Crippen LogP contribution in [0.4, 0.5) is 10.6 Å². The largest absolute Gasteiger partial charge is 0.352 e. The number of piperazine rings is 1. The average molecular weight is 402 g/mol. The van der Waals surface area contributed by atoms with E-state index in [1.807, 2.05) is 23.2 Å². The molecule has 1 saturated heterocycles. The number of anilines is 1. The maximum Gasteiger partial charge on any atom is 0.317 e. The van der Waals surface area contributed by atoms with E-state index in [-0.39, 0.29) is 6.03 Å². The van der Waals surface area contributed by atoms with Gasteiger partial charge in [0.25, 0.3) is 0 Å². The number of hydrogen-bond acceptors (Lipinski definition) is 5. The van der Waals surface area contributed by atoms with Gasteiger partial charge in [0.15, 0.2) is 0 Å². The molecule has 0 spiro atoms. The van der Waals surface area contributed by atoms with Gasteiger partial charge in [0.1, 0.15) is 16.5 Å². The lowest BCUT2D eigenvalue weighted by Crippen LogP contribution is -2.52. The van der Waals surface area contributed by atoms with E-state index < -0.39 is 0 Å². The molecule has 0 aromatic carbocycles. The third-order valence-electron chi connectivity index (χ3n) is 5.85. The van der Waals surface area contributed by atoms with Gasteiger partial charge in [0, 0.05) is 44.0 Å². The molecular weight excluding hydrogens is 370 g/mol. The Balaban J connectivity index is 1.67. The Morgan fingerprint density at radius 3 is 2.71 bits per heavy atom. The Morgan fingerprint density at radius 1 is 1.21 bits per heavy atom. The van der Waals surface area contributed by atoms with Crippen molar-refractivity contribution >= 4 is 33.4 Å². The molecule has 2 aromatic rings. The van der Waals surface area contributed by atoms with Crippen molar-refractivity contribution in [2.45, 2.75) is 52.9 Å². The van der Waals surface area contributed by atoms with Gasteiger partial charge >= 0.3 is 6.03 Å². The molecule has 28 heavy (non-hydrogen) atoms. The number of aromatic nitrogens is 2. The quantitative estimate of drug-likeness (QED) is 0.850. The SMILES string of the molecule is CCCc1nc(N2CCN(C(=O)NCC)CC2)c2c3c(sc2n1)CC(C)CC3. The minimum absolute atomic E-state index is 0.0450. The molecule has 1 fully saturated rings. The fourth-order valence-electron chi connectivity index (χ4n) is 4.31. The number of urea groups is 1. The van der Waals surface area contributed by atoms with Crippen LogP contribution in [-0.4, -0.2) is 53.6 Å². The van der Waals surface area contributed by atoms with Crippen LogP contribution in [0.1, 0.15) is 49.9 Å². The number of fused-ring (bicyclic) bond motifs is 3. The second kappa shape index (κ2) is 8.23. The summed E-state index contributed by atoms with van der Waals surface area (Å²) < 4.78 is 0. The third kappa shape index (κ3) is 3.69. The molecule has 0 radical (unpaired) electrons. The summed E-state index contributed by atoms with van der Waals surface area (Å²) in [6.45, 7) is 10.3. The van der Waals surface area contributed by atoms with Crippen LogP contribution in [0.15, 0.2) is 0 Å². The molecule has 1 atom stereocenters. The number of carbonyl (C=O) groups excluding carboxylic acids is 1. The summed E-state index contributed by atoms with van der Waals surface area (Å²) in [7, 11) is 0. The molecule has 1 aliphatic carbocycles. The number of amides is 2. The van der Waals surface area contributed by atoms with Crippen LogP contribution in [-0.2, 0) is 19.3 Å². The van der Waals surface area contributed by atoms with Crippen molar-refractivity contribution in [2.75, 3.05) is 37.6 Å². The zero-order valence-electron chi connectivity index (χ0n) is 17.3. The Hall–Kier alpha value is -1.89. The van der Waals surface area contributed by atoms with Crippen molar-refractivity contribution in [3.05, 3.63) is 16.3 Å². The lowest BCUT2D eigenvalue weighted by molar-refractivity contribution is 0.195. The molecule has 4 rings (SSSR count). The van der Waals surface area contributed by atoms with Crippen LogP contribution in [0.25, 0.3) is 10.2 Å². The van der Waals surface area contributed by atoms with Gasteiger partial charge in [-0.05, 0) is 44.1 Å². The predicted molar refractivity (Wildman–Crippen MR) is 115 cm³/mol. The minimum atomic E-state index is 0.0450. The topological polar surface area (TPSA) is 61.4 Å². The predicted octanol–water partition coefficient (Wildman–Crippen LogP) is 3.62. The number of hydrogen-bond donors (Lipinski definition) is 1. The summed E-state index contributed by atoms with van der Waals surface area (Å²) in [6.07, 6.45) is 5.53. The summed E-state index contributed by atoms with van der Waals surface area (Å²) >= 11 is 1.88. The van der Waals surface area contributed by atoms with E-state index in [0.29, 0.717) is 6.54 Å². The van der Waals surface area contributed by atoms with E-state index in [1.165, 1.54) is 33.5 Å². The molecule has 7 heteroatoms. The van der Waals surface area contributed by atoms with Crippen molar-refractivity contribution in [2.24, 2.45) is 5.92 Å². The van der Waals surface area contributed by atoms with Gasteiger partial charge < -0.3 is 15.1 Å². The van der Waals surface area contributed by atoms with Crippen molar-refractivity contribution in [3.63, 3.8) is 0 Å². The van der Waals surface area contributed by atoms with Crippen molar-refractivity contribution in [1.82, 2.24) is 20.2 Å². The normalized spacial score (nSPS) is 19.8. The minimum Gasteiger partial charge on any atom is -0.352 e. The van der Waals surface area contributed by atoms with Crippen molar-refractivity contribution in [3.8, 4) is 0 Å². The standard InChI is InChI=1S/C21H31N5OS/c1-4-6-17-23-19(25-9-11-26(12-10-25)21(27)22-5-2)18-15-8-7-14(3)13-16(15)28-20(18)24-17/h14H,4-13H2,1-3H3,(H,22,27). The maximum absolute atomic E-state index is 12.1. The molecule has 2 aromatic heterocycles. The Morgan fingerprint density at radius 2 is 2.00 bits per heavy atom. The number of nitrogens with zero attached hydrogens (tertiary/aromatic N) is 4. The zero-order chi connectivity index (χ0) is 19.7. The van der Waals surface area contributed by atoms with Crippen LogP contribution >= 0.6 is 11.3 Å². The fourth-order valence-corrected chi connectivity index (χ4v) is 5.71. The van der Waals surface area contributed by atoms with Gasteiger partial charge in [-0.15, -0.1) is 11.3 Å². The van der Waals surface area contributed by atoms with Gasteiger partial charge in [-0.1, -0.05) is 13.8 Å². The summed E-state index contributed by atoms with van der Waals surface area (Å²) in [4.78, 5) is 29.1. The summed E-state index contributed by atoms with van der Waals surface area (Å²) in [6, 6.07) is 0.0450. The molecule has 2 amide bonds. The highest BCUT2D eigenvalue weighted by Gasteiger charge is 2.28. The molecular formula is C21H31N5OS. The monoisotopic (exact) mass is 401 g/mol. The number of carbonyl (C=O) groups is 1. The Bertz CT molecular complexity index is 856. The molecule has 1 aliphatic heterocycles. The van der Waals surface area contributed by atoms with Gasteiger partial charge in [0.2, 0.25) is 0 Å². The van der Waals surface area contributed by atoms with Crippen LogP contribution < -0.4 is 10.2 Å². The van der Waals surface area contributed by atoms with Crippen molar-refractivity contribution < 1.29 is 4.79 Å². The Labute approximate surface area is 171 Å². The highest BCUT2D eigenvalue weighted by Crippen LogP contribution is 2.41. The molecule has 2 aliphatic rings. The number of thiophene rings is 1. The molecule has 0 saturated carbocycles. The fraction of sp³-hybridized carbons (Fsp3) is 0.667. The molecule has 6 nitrogen and oxygen atoms in total. The van der Waals surface area contributed by atoms with Crippen molar-refractivity contribution in [1.29, 1.82) is 0 Å². The van der Waals surface area contributed by atoms with Gasteiger partial charge in [-0.2, -0.15) is 0 Å². The number of nitrogens with one attached hydrogen (secondary N) is 1. The highest BCUT2D eigenvalue weighted by atomic mass is 32.1. The number of aryl methyl sites for hydroxylation is 2. The average Bonchev–Trinajstić information content (AvgIpc) is 3.05. The van der Waals surface area contributed by atoms with E-state index in [0.717, 1.165) is 63.0 Å². The number of rotatable bonds is 4. The lowest BCUT2D eigenvalue weighted by atomic mass is 9.89. The third-order valence-corrected chi connectivity index (χ3v) is 7.00. The van der Waals surface area contributed by atoms with Crippen LogP contribution in [0.2, 0.25) is 0 Å². The second-order valence-electron chi connectivity index (χ2n) is 8.05. The smallest absolute Gasteiger partial charge is 0.317 e. The first-order chi connectivity index (χ1) is 13.6. The lowest BCUT2D eigenvalue weighted by Gasteiger charge is -2.36. The molecule has 1 N–H and O–H groups in total. The van der Waals surface area contributed by atoms with Crippen LogP contribution in [0, 0.1) is 5.92 Å². The zero-order valence-corrected chi connectivity index (χ0v) is 18.1. The highest BCUT2D eigenvalue weighted by molar-refractivity contribution is 7.19. The summed E-state index contributed by atoms with van der Waals surface area (Å²) in [5, 5.41) is 4.20. The first-order valence-corrected chi connectivity index (χ1v) is 11.5. The van der Waals surface area contributed by atoms with E-state index in [4.69, 9.17) is 9.97 Å². The Kier molecular flexibility index (Phi) is 5.71. The first kappa shape index (κ1) is 19.4. The summed E-state index contributed by atoms with van der Waals surface area (Å²) in [5.41, 5.74) is 1.49. The molecule has 3 heterocycles. The van der Waals surface area contributed by atoms with Gasteiger partial charge in [0.05, 0.1) is 5.39 Å². The van der Waals surface area contributed by atoms with E-state index >= 15 is 0 Å². The van der Waals surface area contributed by atoms with Gasteiger partial charge in [-0.3, -0.25) is 0 Å². The van der Waals surface area contributed by atoms with E-state index in [9.17, 15) is 4.79 Å². The van der Waals surface area contributed by atoms with Gasteiger partial charge in [-0.25, -0.2) is 14.8 Å². The molecule has 152 valence electrons. The molecule has 1 unspecified atom stereocenters. The summed E-state index contributed by atoms with van der Waals surface area (Å²) in [5.74, 6) is 2.83. The first-order valence-electron chi connectivity index (χ1n) is 10.7. The van der Waals surface area contributed by atoms with E-state index in [1.54, 1.807) is 0 Å².